The quantitative estimate of drug-likeness (QED) is 0.305. The van der Waals surface area contributed by atoms with Crippen molar-refractivity contribution in [3.05, 3.63) is 58.7 Å². The molecule has 0 aliphatic rings. The predicted octanol–water partition coefficient (Wildman–Crippen LogP) is 2.61. The summed E-state index contributed by atoms with van der Waals surface area (Å²) in [6, 6.07) is 4.16. The third-order valence-electron chi connectivity index (χ3n) is 3.57. The number of carbonyl (C=O) groups excluding carboxylic acids is 1. The van der Waals surface area contributed by atoms with Crippen LogP contribution in [-0.4, -0.2) is 36.3 Å². The van der Waals surface area contributed by atoms with E-state index in [1.54, 1.807) is 0 Å². The molecule has 10 nitrogen and oxygen atoms in total. The van der Waals surface area contributed by atoms with Crippen LogP contribution in [0.2, 0.25) is 0 Å². The normalized spacial score (nSPS) is 11.3. The Kier molecular flexibility index (Phi) is 4.75. The second-order valence-electron chi connectivity index (χ2n) is 5.32. The molecule has 0 saturated carbocycles. The van der Waals surface area contributed by atoms with Gasteiger partial charge in [0.25, 0.3) is 11.6 Å². The highest BCUT2D eigenvalue weighted by Crippen LogP contribution is 2.33. The Balaban J connectivity index is 2.03. The van der Waals surface area contributed by atoms with Crippen LogP contribution < -0.4 is 5.06 Å². The van der Waals surface area contributed by atoms with Gasteiger partial charge in [-0.05, 0) is 18.2 Å². The molecule has 0 aliphatic carbocycles. The molecular formula is C15H9F3N6O4. The molecule has 0 fully saturated rings. The highest BCUT2D eigenvalue weighted by Gasteiger charge is 2.33. The lowest BCUT2D eigenvalue weighted by Gasteiger charge is -2.09. The second-order valence-corrected chi connectivity index (χ2v) is 5.32. The standard InChI is InChI=1S/C15H9F3N6O4/c16-15(17,18)13-3-4-19-14(21-13)22-7-9(6-20-22)11-2-1-10(23(26)8-25)5-12(11)24(27)28/h1-8,26H. The molecule has 1 amide bonds. The van der Waals surface area contributed by atoms with Crippen LogP contribution in [0.5, 0.6) is 0 Å². The van der Waals surface area contributed by atoms with Crippen LogP contribution in [0.4, 0.5) is 24.5 Å². The minimum Gasteiger partial charge on any atom is -0.281 e. The summed E-state index contributed by atoms with van der Waals surface area (Å²) in [6.07, 6.45) is -1.30. The van der Waals surface area contributed by atoms with E-state index in [0.717, 1.165) is 16.9 Å². The fourth-order valence-electron chi connectivity index (χ4n) is 2.31. The van der Waals surface area contributed by atoms with Crippen molar-refractivity contribution in [1.82, 2.24) is 19.7 Å². The van der Waals surface area contributed by atoms with Crippen LogP contribution in [0.3, 0.4) is 0 Å². The molecule has 2 aromatic heterocycles. The summed E-state index contributed by atoms with van der Waals surface area (Å²) < 4.78 is 39.3. The van der Waals surface area contributed by atoms with Gasteiger partial charge in [-0.15, -0.1) is 0 Å². The Bertz CT molecular complexity index is 1050. The van der Waals surface area contributed by atoms with Gasteiger partial charge in [0.2, 0.25) is 6.41 Å². The van der Waals surface area contributed by atoms with Crippen LogP contribution in [0, 0.1) is 10.1 Å². The topological polar surface area (TPSA) is 127 Å². The van der Waals surface area contributed by atoms with Gasteiger partial charge in [0.15, 0.2) is 0 Å². The third-order valence-corrected chi connectivity index (χ3v) is 3.57. The van der Waals surface area contributed by atoms with E-state index in [-0.39, 0.29) is 34.2 Å². The van der Waals surface area contributed by atoms with E-state index >= 15 is 0 Å². The Morgan fingerprint density at radius 1 is 1.29 bits per heavy atom. The molecule has 2 heterocycles. The zero-order chi connectivity index (χ0) is 20.5. The molecule has 0 unspecified atom stereocenters. The largest absolute Gasteiger partial charge is 0.433 e. The maximum Gasteiger partial charge on any atom is 0.433 e. The first-order chi connectivity index (χ1) is 13.2. The van der Waals surface area contributed by atoms with E-state index in [0.29, 0.717) is 6.07 Å². The van der Waals surface area contributed by atoms with Crippen molar-refractivity contribution in [2.45, 2.75) is 6.18 Å². The Labute approximate surface area is 153 Å². The number of halogens is 3. The van der Waals surface area contributed by atoms with Crippen molar-refractivity contribution >= 4 is 17.8 Å². The summed E-state index contributed by atoms with van der Waals surface area (Å²) in [7, 11) is 0. The summed E-state index contributed by atoms with van der Waals surface area (Å²) in [4.78, 5) is 28.3. The first-order valence-corrected chi connectivity index (χ1v) is 7.38. The highest BCUT2D eigenvalue weighted by molar-refractivity contribution is 5.80. The molecule has 144 valence electrons. The number of nitrogens with zero attached hydrogens (tertiary/aromatic N) is 6. The molecule has 1 N–H and O–H groups in total. The zero-order valence-corrected chi connectivity index (χ0v) is 13.6. The SMILES string of the molecule is O=CN(O)c1ccc(-c2cnn(-c3nccc(C(F)(F)F)n3)c2)c([N+](=O)[O-])c1. The third kappa shape index (κ3) is 3.64. The van der Waals surface area contributed by atoms with Crippen LogP contribution in [-0.2, 0) is 11.0 Å². The maximum atomic E-state index is 12.8. The number of carbonyl (C=O) groups is 1. The number of rotatable bonds is 5. The summed E-state index contributed by atoms with van der Waals surface area (Å²) in [6.45, 7) is 0. The fourth-order valence-corrected chi connectivity index (χ4v) is 2.31. The number of amides is 1. The maximum absolute atomic E-state index is 12.8. The number of anilines is 1. The number of alkyl halides is 3. The van der Waals surface area contributed by atoms with Gasteiger partial charge in [0.1, 0.15) is 5.69 Å². The molecule has 0 radical (unpaired) electrons. The monoisotopic (exact) mass is 394 g/mol. The van der Waals surface area contributed by atoms with E-state index in [4.69, 9.17) is 0 Å². The van der Waals surface area contributed by atoms with Gasteiger partial charge in [-0.2, -0.15) is 23.3 Å². The Hall–Kier alpha value is -3.87. The van der Waals surface area contributed by atoms with Crippen LogP contribution in [0.1, 0.15) is 5.69 Å². The number of nitro benzene ring substituents is 1. The van der Waals surface area contributed by atoms with E-state index in [9.17, 15) is 33.3 Å². The highest BCUT2D eigenvalue weighted by atomic mass is 19.4. The molecule has 0 atom stereocenters. The van der Waals surface area contributed by atoms with Crippen LogP contribution in [0.15, 0.2) is 42.9 Å². The van der Waals surface area contributed by atoms with Gasteiger partial charge in [-0.3, -0.25) is 20.1 Å². The number of hydrogen-bond donors (Lipinski definition) is 1. The fraction of sp³-hybridized carbons (Fsp3) is 0.0667. The van der Waals surface area contributed by atoms with E-state index in [1.807, 2.05) is 0 Å². The average molecular weight is 394 g/mol. The molecule has 0 aliphatic heterocycles. The summed E-state index contributed by atoms with van der Waals surface area (Å²) in [5.41, 5.74) is -1.51. The molecule has 0 spiro atoms. The van der Waals surface area contributed by atoms with Gasteiger partial charge in [0.05, 0.1) is 22.4 Å². The average Bonchev–Trinajstić information content (AvgIpc) is 3.16. The number of hydroxylamine groups is 1. The lowest BCUT2D eigenvalue weighted by Crippen LogP contribution is -2.14. The number of benzene rings is 1. The molecule has 1 aromatic carbocycles. The molecule has 3 rings (SSSR count). The van der Waals surface area contributed by atoms with Crippen LogP contribution >= 0.6 is 0 Å². The zero-order valence-electron chi connectivity index (χ0n) is 13.6. The Morgan fingerprint density at radius 3 is 2.68 bits per heavy atom. The van der Waals surface area contributed by atoms with Gasteiger partial charge in [0, 0.05) is 24.0 Å². The molecule has 13 heteroatoms. The smallest absolute Gasteiger partial charge is 0.281 e. The molecule has 0 bridgehead atoms. The number of hydrogen-bond acceptors (Lipinski definition) is 7. The summed E-state index contributed by atoms with van der Waals surface area (Å²) in [5, 5.41) is 24.7. The molecule has 0 saturated heterocycles. The van der Waals surface area contributed by atoms with Gasteiger partial charge in [-0.25, -0.2) is 14.6 Å². The Morgan fingerprint density at radius 2 is 2.04 bits per heavy atom. The first kappa shape index (κ1) is 18.9. The summed E-state index contributed by atoms with van der Waals surface area (Å²) in [5.74, 6) is -0.372. The number of nitro groups is 1. The van der Waals surface area contributed by atoms with Gasteiger partial charge in [-0.1, -0.05) is 0 Å². The van der Waals surface area contributed by atoms with Crippen molar-refractivity contribution in [2.24, 2.45) is 0 Å². The first-order valence-electron chi connectivity index (χ1n) is 7.38. The van der Waals surface area contributed by atoms with Crippen molar-refractivity contribution in [3.63, 3.8) is 0 Å². The molecular weight excluding hydrogens is 385 g/mol. The van der Waals surface area contributed by atoms with Gasteiger partial charge >= 0.3 is 6.18 Å². The summed E-state index contributed by atoms with van der Waals surface area (Å²) >= 11 is 0. The van der Waals surface area contributed by atoms with E-state index in [2.05, 4.69) is 15.1 Å². The van der Waals surface area contributed by atoms with E-state index < -0.39 is 22.5 Å². The van der Waals surface area contributed by atoms with Crippen molar-refractivity contribution in [1.29, 1.82) is 0 Å². The second kappa shape index (κ2) is 7.03. The molecule has 3 aromatic rings. The van der Waals surface area contributed by atoms with Crippen molar-refractivity contribution < 1.29 is 28.1 Å². The van der Waals surface area contributed by atoms with Crippen molar-refractivity contribution in [2.75, 3.05) is 5.06 Å². The van der Waals surface area contributed by atoms with Gasteiger partial charge < -0.3 is 0 Å². The molecule has 28 heavy (non-hydrogen) atoms. The van der Waals surface area contributed by atoms with Crippen molar-refractivity contribution in [3.8, 4) is 17.1 Å². The lowest BCUT2D eigenvalue weighted by molar-refractivity contribution is -0.384. The van der Waals surface area contributed by atoms with E-state index in [1.165, 1.54) is 24.5 Å². The minimum atomic E-state index is -4.67. The minimum absolute atomic E-state index is 0.0573. The lowest BCUT2D eigenvalue weighted by atomic mass is 10.1. The van der Waals surface area contributed by atoms with Crippen LogP contribution in [0.25, 0.3) is 17.1 Å². The number of aromatic nitrogens is 4. The predicted molar refractivity (Wildman–Crippen MR) is 86.6 cm³/mol.